The maximum atomic E-state index is 13.2. The van der Waals surface area contributed by atoms with Gasteiger partial charge in [-0.05, 0) is 57.8 Å². The number of rotatable bonds is 44. The number of hydrogen-bond donors (Lipinski definition) is 3. The van der Waals surface area contributed by atoms with Crippen LogP contribution >= 0.6 is 0 Å². The standard InChI is InChI=1S/C59H95NO5/c1-4-7-10-13-16-19-22-25-27-29-31-34-37-40-43-46-49-52-59(64)65-55(50-47-44-41-38-35-32-24-21-18-15-12-9-6-3)53-58(63)60-56(54-61)57(62)51-48-45-42-39-36-33-30-28-26-23-20-17-14-11-8-5-2/h7,9-10,12-13,15-16,18-19,21-22,24-25,27,29,31-32,34-35,37-38,41,55-57,61-62H,4-6,8,11,14,17,20,23,26,28,30,33,36,39-40,42-54H2,1-3H3,(H,60,63)/b10-7-,12-9+,16-13+,18-15+,22-19+,24-21-,27-25-,31-29+,35-32-,37-34+,41-38+. The Labute approximate surface area is 399 Å². The molecule has 0 bridgehead atoms. The van der Waals surface area contributed by atoms with Crippen LogP contribution in [0, 0.1) is 0 Å². The van der Waals surface area contributed by atoms with E-state index in [2.05, 4.69) is 50.4 Å². The summed E-state index contributed by atoms with van der Waals surface area (Å²) in [6.45, 7) is 6.15. The zero-order valence-corrected chi connectivity index (χ0v) is 41.6. The first kappa shape index (κ1) is 61.0. The minimum Gasteiger partial charge on any atom is -0.462 e. The van der Waals surface area contributed by atoms with Gasteiger partial charge in [-0.15, -0.1) is 0 Å². The van der Waals surface area contributed by atoms with Crippen LogP contribution in [0.3, 0.4) is 0 Å². The molecular weight excluding hydrogens is 803 g/mol. The first-order chi connectivity index (χ1) is 32.0. The van der Waals surface area contributed by atoms with Gasteiger partial charge in [-0.1, -0.05) is 264 Å². The second-order valence-electron chi connectivity index (χ2n) is 17.1. The average Bonchev–Trinajstić information content (AvgIpc) is 3.30. The number of carbonyl (C=O) groups excluding carboxylic acids is 2. The monoisotopic (exact) mass is 898 g/mol. The Morgan fingerprint density at radius 3 is 1.28 bits per heavy atom. The Bertz CT molecular complexity index is 1420. The summed E-state index contributed by atoms with van der Waals surface area (Å²) in [7, 11) is 0. The molecule has 0 fully saturated rings. The van der Waals surface area contributed by atoms with Crippen LogP contribution in [0.15, 0.2) is 134 Å². The van der Waals surface area contributed by atoms with Gasteiger partial charge in [0.15, 0.2) is 0 Å². The first-order valence-electron chi connectivity index (χ1n) is 26.1. The van der Waals surface area contributed by atoms with Crippen LogP contribution in [-0.2, 0) is 14.3 Å². The molecule has 366 valence electrons. The number of hydrogen-bond acceptors (Lipinski definition) is 5. The molecule has 6 heteroatoms. The van der Waals surface area contributed by atoms with Crippen LogP contribution in [0.4, 0.5) is 0 Å². The summed E-state index contributed by atoms with van der Waals surface area (Å²) in [6.07, 6.45) is 72.3. The zero-order chi connectivity index (χ0) is 47.4. The molecule has 0 saturated carbocycles. The van der Waals surface area contributed by atoms with Gasteiger partial charge >= 0.3 is 5.97 Å². The Morgan fingerprint density at radius 1 is 0.462 bits per heavy atom. The van der Waals surface area contributed by atoms with Crippen molar-refractivity contribution in [3.05, 3.63) is 134 Å². The maximum Gasteiger partial charge on any atom is 0.306 e. The summed E-state index contributed by atoms with van der Waals surface area (Å²) in [5, 5.41) is 23.8. The SMILES string of the molecule is CC\C=C/C=C/C=C/C=C\C=C\C=C\CCCCCC(=O)OC(CCC/C=C/C=C\C=C/C=C/C=C/CC)CC(=O)NC(CO)C(O)CCCCCCCCCCCCCCCCCC. The third-order valence-electron chi connectivity index (χ3n) is 11.0. The Hall–Kier alpha value is -4.00. The molecule has 0 aliphatic carbocycles. The predicted octanol–water partition coefficient (Wildman–Crippen LogP) is 15.8. The average molecular weight is 898 g/mol. The van der Waals surface area contributed by atoms with Crippen LogP contribution < -0.4 is 5.32 Å². The van der Waals surface area contributed by atoms with Crippen molar-refractivity contribution in [1.29, 1.82) is 0 Å². The van der Waals surface area contributed by atoms with Gasteiger partial charge in [0.1, 0.15) is 6.10 Å². The lowest BCUT2D eigenvalue weighted by atomic mass is 10.0. The molecule has 0 radical (unpaired) electrons. The molecular formula is C59H95NO5. The lowest BCUT2D eigenvalue weighted by Crippen LogP contribution is -2.46. The Morgan fingerprint density at radius 2 is 0.846 bits per heavy atom. The minimum absolute atomic E-state index is 0.000856. The fraction of sp³-hybridized carbons (Fsp3) is 0.593. The smallest absolute Gasteiger partial charge is 0.306 e. The Balaban J connectivity index is 4.75. The summed E-state index contributed by atoms with van der Waals surface area (Å²) in [6, 6.07) is -0.744. The van der Waals surface area contributed by atoms with Crippen molar-refractivity contribution < 1.29 is 24.5 Å². The van der Waals surface area contributed by atoms with Crippen LogP contribution in [0.5, 0.6) is 0 Å². The third kappa shape index (κ3) is 46.3. The fourth-order valence-corrected chi connectivity index (χ4v) is 7.13. The minimum atomic E-state index is -0.825. The molecule has 0 heterocycles. The quantitative estimate of drug-likeness (QED) is 0.0322. The molecule has 0 rings (SSSR count). The number of aliphatic hydroxyl groups is 2. The maximum absolute atomic E-state index is 13.2. The van der Waals surface area contributed by atoms with Crippen LogP contribution in [-0.4, -0.2) is 46.9 Å². The van der Waals surface area contributed by atoms with E-state index in [1.165, 1.54) is 83.5 Å². The van der Waals surface area contributed by atoms with E-state index in [0.717, 1.165) is 70.6 Å². The van der Waals surface area contributed by atoms with E-state index < -0.39 is 18.2 Å². The largest absolute Gasteiger partial charge is 0.462 e. The highest BCUT2D eigenvalue weighted by molar-refractivity contribution is 5.77. The van der Waals surface area contributed by atoms with Gasteiger partial charge in [0.05, 0.1) is 25.2 Å². The van der Waals surface area contributed by atoms with Crippen LogP contribution in [0.2, 0.25) is 0 Å². The van der Waals surface area contributed by atoms with Crippen molar-refractivity contribution in [1.82, 2.24) is 5.32 Å². The van der Waals surface area contributed by atoms with E-state index in [0.29, 0.717) is 19.3 Å². The summed E-state index contributed by atoms with van der Waals surface area (Å²) < 4.78 is 5.87. The van der Waals surface area contributed by atoms with Gasteiger partial charge in [-0.3, -0.25) is 9.59 Å². The number of carbonyl (C=O) groups is 2. The van der Waals surface area contributed by atoms with Crippen molar-refractivity contribution >= 4 is 11.9 Å². The number of esters is 1. The first-order valence-corrected chi connectivity index (χ1v) is 26.1. The molecule has 6 nitrogen and oxygen atoms in total. The van der Waals surface area contributed by atoms with Gasteiger partial charge < -0.3 is 20.3 Å². The number of amides is 1. The summed E-state index contributed by atoms with van der Waals surface area (Å²) in [4.78, 5) is 26.1. The van der Waals surface area contributed by atoms with E-state index in [1.54, 1.807) is 0 Å². The van der Waals surface area contributed by atoms with E-state index >= 15 is 0 Å². The molecule has 0 saturated heterocycles. The van der Waals surface area contributed by atoms with Gasteiger partial charge in [0, 0.05) is 6.42 Å². The molecule has 3 N–H and O–H groups in total. The van der Waals surface area contributed by atoms with Crippen molar-refractivity contribution in [2.75, 3.05) is 6.61 Å². The zero-order valence-electron chi connectivity index (χ0n) is 41.6. The predicted molar refractivity (Wildman–Crippen MR) is 282 cm³/mol. The molecule has 3 atom stereocenters. The highest BCUT2D eigenvalue weighted by Gasteiger charge is 2.24. The normalized spacial score (nSPS) is 14.4. The summed E-state index contributed by atoms with van der Waals surface area (Å²) in [5.74, 6) is -0.612. The van der Waals surface area contributed by atoms with Crippen molar-refractivity contribution in [3.8, 4) is 0 Å². The highest BCUT2D eigenvalue weighted by atomic mass is 16.5. The van der Waals surface area contributed by atoms with E-state index in [4.69, 9.17) is 4.74 Å². The number of allylic oxidation sites excluding steroid dienone is 22. The van der Waals surface area contributed by atoms with Gasteiger partial charge in [-0.25, -0.2) is 0 Å². The van der Waals surface area contributed by atoms with E-state index in [1.807, 2.05) is 109 Å². The molecule has 3 unspecified atom stereocenters. The van der Waals surface area contributed by atoms with Crippen LogP contribution in [0.25, 0.3) is 0 Å². The molecule has 0 aliphatic heterocycles. The van der Waals surface area contributed by atoms with E-state index in [9.17, 15) is 19.8 Å². The molecule has 0 aromatic rings. The number of aliphatic hydroxyl groups excluding tert-OH is 2. The molecule has 0 aromatic heterocycles. The van der Waals surface area contributed by atoms with Crippen molar-refractivity contribution in [3.63, 3.8) is 0 Å². The summed E-state index contributed by atoms with van der Waals surface area (Å²) >= 11 is 0. The molecule has 0 spiro atoms. The second kappa shape index (κ2) is 51.0. The molecule has 65 heavy (non-hydrogen) atoms. The van der Waals surface area contributed by atoms with E-state index in [-0.39, 0.29) is 24.9 Å². The number of unbranched alkanes of at least 4 members (excludes halogenated alkanes) is 19. The highest BCUT2D eigenvalue weighted by Crippen LogP contribution is 2.17. The van der Waals surface area contributed by atoms with Gasteiger partial charge in [0.2, 0.25) is 5.91 Å². The number of ether oxygens (including phenoxy) is 1. The Kier molecular flexibility index (Phi) is 47.9. The van der Waals surface area contributed by atoms with Crippen LogP contribution in [0.1, 0.15) is 201 Å². The van der Waals surface area contributed by atoms with Crippen molar-refractivity contribution in [2.45, 2.75) is 219 Å². The molecule has 0 aliphatic rings. The topological polar surface area (TPSA) is 95.9 Å². The van der Waals surface area contributed by atoms with Gasteiger partial charge in [-0.2, -0.15) is 0 Å². The second-order valence-corrected chi connectivity index (χ2v) is 17.1. The van der Waals surface area contributed by atoms with Crippen molar-refractivity contribution in [2.24, 2.45) is 0 Å². The van der Waals surface area contributed by atoms with Gasteiger partial charge in [0.25, 0.3) is 0 Å². The molecule has 1 amide bonds. The lowest BCUT2D eigenvalue weighted by Gasteiger charge is -2.24. The molecule has 0 aromatic carbocycles. The summed E-state index contributed by atoms with van der Waals surface area (Å²) in [5.41, 5.74) is 0. The fourth-order valence-electron chi connectivity index (χ4n) is 7.13. The third-order valence-corrected chi connectivity index (χ3v) is 11.0. The number of nitrogens with one attached hydrogen (secondary N) is 1. The lowest BCUT2D eigenvalue weighted by molar-refractivity contribution is -0.151.